The van der Waals surface area contributed by atoms with Crippen molar-refractivity contribution in [2.24, 2.45) is 0 Å². The molecule has 14 heavy (non-hydrogen) atoms. The lowest BCUT2D eigenvalue weighted by atomic mass is 10.1. The molecule has 0 saturated heterocycles. The quantitative estimate of drug-likeness (QED) is 0.589. The largest absolute Gasteiger partial charge is 0.494 e. The summed E-state index contributed by atoms with van der Waals surface area (Å²) in [6, 6.07) is 5.17. The number of carbonyl (C=O) groups is 1. The van der Waals surface area contributed by atoms with Crippen molar-refractivity contribution in [3.8, 4) is 5.75 Å². The van der Waals surface area contributed by atoms with Crippen molar-refractivity contribution in [3.05, 3.63) is 23.8 Å². The number of nitrogens with two attached hydrogens (primary N) is 1. The van der Waals surface area contributed by atoms with Crippen molar-refractivity contribution < 1.29 is 9.53 Å². The van der Waals surface area contributed by atoms with Gasteiger partial charge in [-0.15, -0.1) is 0 Å². The normalized spacial score (nSPS) is 9.86. The SMILES string of the molecule is CCOc1ccc(C(=O)CC)c(N)c1. The summed E-state index contributed by atoms with van der Waals surface area (Å²) >= 11 is 0. The number of hydrogen-bond donors (Lipinski definition) is 1. The van der Waals surface area contributed by atoms with E-state index in [-0.39, 0.29) is 5.78 Å². The van der Waals surface area contributed by atoms with Crippen LogP contribution in [0, 0.1) is 0 Å². The Morgan fingerprint density at radius 2 is 2.14 bits per heavy atom. The summed E-state index contributed by atoms with van der Waals surface area (Å²) in [5.41, 5.74) is 6.80. The van der Waals surface area contributed by atoms with Crippen LogP contribution in [0.1, 0.15) is 30.6 Å². The van der Waals surface area contributed by atoms with Crippen molar-refractivity contribution in [2.75, 3.05) is 12.3 Å². The molecule has 0 aliphatic heterocycles. The number of nitrogen functional groups attached to an aromatic ring is 1. The number of ketones is 1. The second-order valence-electron chi connectivity index (χ2n) is 2.96. The molecule has 0 bridgehead atoms. The summed E-state index contributed by atoms with van der Waals surface area (Å²) in [7, 11) is 0. The van der Waals surface area contributed by atoms with Crippen LogP contribution in [0.3, 0.4) is 0 Å². The average Bonchev–Trinajstić information content (AvgIpc) is 2.17. The minimum atomic E-state index is 0.0607. The van der Waals surface area contributed by atoms with Crippen LogP contribution in [0.25, 0.3) is 0 Å². The number of ether oxygens (including phenoxy) is 1. The molecule has 0 aliphatic rings. The molecule has 1 rings (SSSR count). The Morgan fingerprint density at radius 3 is 2.64 bits per heavy atom. The number of benzene rings is 1. The molecule has 0 aliphatic carbocycles. The van der Waals surface area contributed by atoms with Gasteiger partial charge in [0.15, 0.2) is 5.78 Å². The van der Waals surface area contributed by atoms with E-state index in [2.05, 4.69) is 0 Å². The summed E-state index contributed by atoms with van der Waals surface area (Å²) in [4.78, 5) is 11.4. The molecule has 3 nitrogen and oxygen atoms in total. The number of rotatable bonds is 4. The molecule has 0 amide bonds. The van der Waals surface area contributed by atoms with Gasteiger partial charge in [0, 0.05) is 23.7 Å². The Kier molecular flexibility index (Phi) is 3.51. The standard InChI is InChI=1S/C11H15NO2/c1-3-11(13)9-6-5-8(14-4-2)7-10(9)12/h5-7H,3-4,12H2,1-2H3. The monoisotopic (exact) mass is 193 g/mol. The van der Waals surface area contributed by atoms with Crippen molar-refractivity contribution >= 4 is 11.5 Å². The van der Waals surface area contributed by atoms with Crippen LogP contribution >= 0.6 is 0 Å². The van der Waals surface area contributed by atoms with Crippen molar-refractivity contribution in [1.29, 1.82) is 0 Å². The molecule has 0 heterocycles. The molecule has 0 unspecified atom stereocenters. The van der Waals surface area contributed by atoms with Gasteiger partial charge in [-0.25, -0.2) is 0 Å². The van der Waals surface area contributed by atoms with E-state index in [1.165, 1.54) is 0 Å². The Labute approximate surface area is 83.9 Å². The van der Waals surface area contributed by atoms with Crippen LogP contribution in [0.5, 0.6) is 5.75 Å². The maximum absolute atomic E-state index is 11.4. The maximum Gasteiger partial charge on any atom is 0.164 e. The number of Topliss-reactive ketones (excluding diaryl/α,β-unsaturated/α-hetero) is 1. The van der Waals surface area contributed by atoms with E-state index in [1.54, 1.807) is 18.2 Å². The second kappa shape index (κ2) is 4.65. The molecule has 2 N–H and O–H groups in total. The van der Waals surface area contributed by atoms with Gasteiger partial charge >= 0.3 is 0 Å². The molecule has 0 saturated carbocycles. The predicted octanol–water partition coefficient (Wildman–Crippen LogP) is 2.26. The molecule has 1 aromatic carbocycles. The summed E-state index contributed by atoms with van der Waals surface area (Å²) in [6.07, 6.45) is 0.470. The van der Waals surface area contributed by atoms with Crippen molar-refractivity contribution in [3.63, 3.8) is 0 Å². The van der Waals surface area contributed by atoms with Gasteiger partial charge in [0.05, 0.1) is 6.61 Å². The molecular weight excluding hydrogens is 178 g/mol. The maximum atomic E-state index is 11.4. The Morgan fingerprint density at radius 1 is 1.43 bits per heavy atom. The highest BCUT2D eigenvalue weighted by molar-refractivity contribution is 6.00. The van der Waals surface area contributed by atoms with Crippen LogP contribution in [0.4, 0.5) is 5.69 Å². The Bertz CT molecular complexity index is 334. The zero-order chi connectivity index (χ0) is 10.6. The lowest BCUT2D eigenvalue weighted by Crippen LogP contribution is -2.03. The van der Waals surface area contributed by atoms with Gasteiger partial charge in [-0.3, -0.25) is 4.79 Å². The fraction of sp³-hybridized carbons (Fsp3) is 0.364. The Hall–Kier alpha value is -1.51. The molecule has 0 spiro atoms. The highest BCUT2D eigenvalue weighted by Gasteiger charge is 2.07. The molecule has 0 aromatic heterocycles. The van der Waals surface area contributed by atoms with Gasteiger partial charge in [0.25, 0.3) is 0 Å². The van der Waals surface area contributed by atoms with Gasteiger partial charge in [-0.1, -0.05) is 6.92 Å². The Balaban J connectivity index is 2.95. The summed E-state index contributed by atoms with van der Waals surface area (Å²) in [5, 5.41) is 0. The van der Waals surface area contributed by atoms with Crippen LogP contribution < -0.4 is 10.5 Å². The minimum absolute atomic E-state index is 0.0607. The van der Waals surface area contributed by atoms with Gasteiger partial charge in [-0.2, -0.15) is 0 Å². The lowest BCUT2D eigenvalue weighted by Gasteiger charge is -2.07. The summed E-state index contributed by atoms with van der Waals surface area (Å²) in [6.45, 7) is 4.32. The first-order valence-corrected chi connectivity index (χ1v) is 4.74. The van der Waals surface area contributed by atoms with Gasteiger partial charge < -0.3 is 10.5 Å². The zero-order valence-corrected chi connectivity index (χ0v) is 8.54. The topological polar surface area (TPSA) is 52.3 Å². The highest BCUT2D eigenvalue weighted by Crippen LogP contribution is 2.20. The van der Waals surface area contributed by atoms with E-state index < -0.39 is 0 Å². The van der Waals surface area contributed by atoms with Gasteiger partial charge in [-0.05, 0) is 19.1 Å². The van der Waals surface area contributed by atoms with Crippen LogP contribution in [0.15, 0.2) is 18.2 Å². The van der Waals surface area contributed by atoms with Gasteiger partial charge in [0.1, 0.15) is 5.75 Å². The van der Waals surface area contributed by atoms with E-state index in [0.717, 1.165) is 0 Å². The fourth-order valence-electron chi connectivity index (χ4n) is 1.24. The van der Waals surface area contributed by atoms with Gasteiger partial charge in [0.2, 0.25) is 0 Å². The molecule has 0 fully saturated rings. The molecule has 0 radical (unpaired) electrons. The molecule has 1 aromatic rings. The number of anilines is 1. The van der Waals surface area contributed by atoms with E-state index in [9.17, 15) is 4.79 Å². The van der Waals surface area contributed by atoms with Crippen LogP contribution in [0.2, 0.25) is 0 Å². The predicted molar refractivity (Wildman–Crippen MR) is 56.6 cm³/mol. The zero-order valence-electron chi connectivity index (χ0n) is 8.54. The summed E-state index contributed by atoms with van der Waals surface area (Å²) < 4.78 is 5.26. The van der Waals surface area contributed by atoms with Crippen molar-refractivity contribution in [2.45, 2.75) is 20.3 Å². The first-order valence-electron chi connectivity index (χ1n) is 4.74. The molecular formula is C11H15NO2. The summed E-state index contributed by atoms with van der Waals surface area (Å²) in [5.74, 6) is 0.767. The first-order chi connectivity index (χ1) is 6.69. The van der Waals surface area contributed by atoms with Crippen LogP contribution in [-0.2, 0) is 0 Å². The second-order valence-corrected chi connectivity index (χ2v) is 2.96. The average molecular weight is 193 g/mol. The molecule has 3 heteroatoms. The van der Waals surface area contributed by atoms with E-state index in [4.69, 9.17) is 10.5 Å². The highest BCUT2D eigenvalue weighted by atomic mass is 16.5. The van der Waals surface area contributed by atoms with E-state index in [0.29, 0.717) is 30.0 Å². The third-order valence-electron chi connectivity index (χ3n) is 1.96. The smallest absolute Gasteiger partial charge is 0.164 e. The van der Waals surface area contributed by atoms with E-state index in [1.807, 2.05) is 13.8 Å². The third-order valence-corrected chi connectivity index (χ3v) is 1.96. The van der Waals surface area contributed by atoms with E-state index >= 15 is 0 Å². The molecule has 76 valence electrons. The number of carbonyl (C=O) groups excluding carboxylic acids is 1. The fourth-order valence-corrected chi connectivity index (χ4v) is 1.24. The number of hydrogen-bond acceptors (Lipinski definition) is 3. The lowest BCUT2D eigenvalue weighted by molar-refractivity contribution is 0.0989. The molecule has 0 atom stereocenters. The minimum Gasteiger partial charge on any atom is -0.494 e. The third kappa shape index (κ3) is 2.25. The van der Waals surface area contributed by atoms with Crippen molar-refractivity contribution in [1.82, 2.24) is 0 Å². The van der Waals surface area contributed by atoms with Crippen LogP contribution in [-0.4, -0.2) is 12.4 Å². The first kappa shape index (κ1) is 10.6.